The average Bonchev–Trinajstić information content (AvgIpc) is 3.48. The standard InChI is InChI=1S/C20H28N2O2/c23-20(22-9-7-18(8-10-22)17-5-6-17)19-3-1-16(2-4-19)15-21-11-13-24-14-12-21/h1-4,17-18H,5-15H2. The highest BCUT2D eigenvalue weighted by molar-refractivity contribution is 5.94. The Morgan fingerprint density at radius 1 is 0.917 bits per heavy atom. The summed E-state index contributed by atoms with van der Waals surface area (Å²) in [5.74, 6) is 2.06. The van der Waals surface area contributed by atoms with Crippen LogP contribution in [0, 0.1) is 11.8 Å². The number of hydrogen-bond acceptors (Lipinski definition) is 3. The Morgan fingerprint density at radius 2 is 1.54 bits per heavy atom. The Kier molecular flexibility index (Phi) is 4.86. The Balaban J connectivity index is 1.31. The van der Waals surface area contributed by atoms with Gasteiger partial charge in [-0.1, -0.05) is 12.1 Å². The van der Waals surface area contributed by atoms with Crippen molar-refractivity contribution in [1.29, 1.82) is 0 Å². The van der Waals surface area contributed by atoms with Crippen LogP contribution >= 0.6 is 0 Å². The number of ether oxygens (including phenoxy) is 1. The van der Waals surface area contributed by atoms with Crippen molar-refractivity contribution in [3.05, 3.63) is 35.4 Å². The van der Waals surface area contributed by atoms with E-state index in [1.165, 1.54) is 31.2 Å². The molecule has 0 atom stereocenters. The minimum Gasteiger partial charge on any atom is -0.379 e. The first-order valence-electron chi connectivity index (χ1n) is 9.48. The van der Waals surface area contributed by atoms with Crippen molar-refractivity contribution in [1.82, 2.24) is 9.80 Å². The van der Waals surface area contributed by atoms with E-state index in [1.54, 1.807) is 0 Å². The van der Waals surface area contributed by atoms with Gasteiger partial charge in [0.25, 0.3) is 5.91 Å². The lowest BCUT2D eigenvalue weighted by molar-refractivity contribution is 0.0342. The number of carbonyl (C=O) groups excluding carboxylic acids is 1. The van der Waals surface area contributed by atoms with Crippen molar-refractivity contribution in [2.45, 2.75) is 32.2 Å². The molecule has 4 rings (SSSR count). The molecule has 0 aromatic heterocycles. The molecule has 2 heterocycles. The molecule has 24 heavy (non-hydrogen) atoms. The average molecular weight is 328 g/mol. The molecule has 2 saturated heterocycles. The van der Waals surface area contributed by atoms with Crippen LogP contribution in [0.3, 0.4) is 0 Å². The number of amides is 1. The van der Waals surface area contributed by atoms with E-state index in [-0.39, 0.29) is 5.91 Å². The number of rotatable bonds is 4. The smallest absolute Gasteiger partial charge is 0.253 e. The van der Waals surface area contributed by atoms with E-state index in [2.05, 4.69) is 21.9 Å². The summed E-state index contributed by atoms with van der Waals surface area (Å²) in [7, 11) is 0. The fourth-order valence-electron chi connectivity index (χ4n) is 4.09. The van der Waals surface area contributed by atoms with E-state index in [4.69, 9.17) is 4.74 Å². The van der Waals surface area contributed by atoms with E-state index in [9.17, 15) is 4.79 Å². The van der Waals surface area contributed by atoms with Gasteiger partial charge >= 0.3 is 0 Å². The predicted molar refractivity (Wildman–Crippen MR) is 93.9 cm³/mol. The van der Waals surface area contributed by atoms with Crippen LogP contribution in [-0.2, 0) is 11.3 Å². The van der Waals surface area contributed by atoms with E-state index >= 15 is 0 Å². The molecule has 4 heteroatoms. The predicted octanol–water partition coefficient (Wildman–Crippen LogP) is 2.78. The van der Waals surface area contributed by atoms with Crippen LogP contribution in [0.1, 0.15) is 41.6 Å². The molecule has 3 fully saturated rings. The van der Waals surface area contributed by atoms with Gasteiger partial charge in [-0.15, -0.1) is 0 Å². The fourth-order valence-corrected chi connectivity index (χ4v) is 4.09. The molecule has 1 aromatic rings. The molecule has 1 aromatic carbocycles. The van der Waals surface area contributed by atoms with Crippen LogP contribution in [0.2, 0.25) is 0 Å². The van der Waals surface area contributed by atoms with Crippen LogP contribution in [0.5, 0.6) is 0 Å². The summed E-state index contributed by atoms with van der Waals surface area (Å²) in [5, 5.41) is 0. The van der Waals surface area contributed by atoms with Gasteiger partial charge in [0, 0.05) is 38.3 Å². The molecule has 1 amide bonds. The van der Waals surface area contributed by atoms with E-state index in [0.29, 0.717) is 0 Å². The molecule has 0 spiro atoms. The maximum absolute atomic E-state index is 12.7. The number of nitrogens with zero attached hydrogens (tertiary/aromatic N) is 2. The van der Waals surface area contributed by atoms with Crippen LogP contribution in [0.25, 0.3) is 0 Å². The molecule has 0 unspecified atom stereocenters. The topological polar surface area (TPSA) is 32.8 Å². The monoisotopic (exact) mass is 328 g/mol. The Bertz CT molecular complexity index is 554. The highest BCUT2D eigenvalue weighted by Gasteiger charge is 2.34. The number of carbonyl (C=O) groups is 1. The quantitative estimate of drug-likeness (QED) is 0.852. The Hall–Kier alpha value is -1.39. The van der Waals surface area contributed by atoms with Gasteiger partial charge in [0.15, 0.2) is 0 Å². The van der Waals surface area contributed by atoms with Gasteiger partial charge in [0.2, 0.25) is 0 Å². The summed E-state index contributed by atoms with van der Waals surface area (Å²) in [6, 6.07) is 8.23. The van der Waals surface area contributed by atoms with E-state index in [0.717, 1.165) is 63.3 Å². The van der Waals surface area contributed by atoms with Gasteiger partial charge in [0.1, 0.15) is 0 Å². The second-order valence-electron chi connectivity index (χ2n) is 7.55. The van der Waals surface area contributed by atoms with Gasteiger partial charge in [-0.25, -0.2) is 0 Å². The minimum absolute atomic E-state index is 0.210. The molecule has 3 aliphatic rings. The molecule has 1 aliphatic carbocycles. The first kappa shape index (κ1) is 16.1. The van der Waals surface area contributed by atoms with Crippen molar-refractivity contribution in [2.24, 2.45) is 11.8 Å². The lowest BCUT2D eigenvalue weighted by Gasteiger charge is -2.32. The highest BCUT2D eigenvalue weighted by atomic mass is 16.5. The van der Waals surface area contributed by atoms with Crippen molar-refractivity contribution in [2.75, 3.05) is 39.4 Å². The summed E-state index contributed by atoms with van der Waals surface area (Å²) in [6.07, 6.45) is 5.24. The first-order chi connectivity index (χ1) is 11.8. The first-order valence-corrected chi connectivity index (χ1v) is 9.48. The Labute approximate surface area is 144 Å². The lowest BCUT2D eigenvalue weighted by atomic mass is 9.92. The summed E-state index contributed by atoms with van der Waals surface area (Å²) in [6.45, 7) is 6.48. The zero-order valence-corrected chi connectivity index (χ0v) is 14.5. The van der Waals surface area contributed by atoms with Gasteiger partial charge in [-0.3, -0.25) is 9.69 Å². The van der Waals surface area contributed by atoms with Gasteiger partial charge in [-0.05, 0) is 55.2 Å². The second-order valence-corrected chi connectivity index (χ2v) is 7.55. The third-order valence-corrected chi connectivity index (χ3v) is 5.83. The van der Waals surface area contributed by atoms with Crippen molar-refractivity contribution in [3.63, 3.8) is 0 Å². The largest absolute Gasteiger partial charge is 0.379 e. The molecule has 0 N–H and O–H groups in total. The van der Waals surface area contributed by atoms with Gasteiger partial charge in [-0.2, -0.15) is 0 Å². The summed E-state index contributed by atoms with van der Waals surface area (Å²) in [5.41, 5.74) is 2.12. The Morgan fingerprint density at radius 3 is 2.17 bits per heavy atom. The maximum atomic E-state index is 12.7. The highest BCUT2D eigenvalue weighted by Crippen LogP contribution is 2.41. The number of hydrogen-bond donors (Lipinski definition) is 0. The molecule has 130 valence electrons. The molecule has 2 aliphatic heterocycles. The molecule has 4 nitrogen and oxygen atoms in total. The van der Waals surface area contributed by atoms with Crippen molar-refractivity contribution < 1.29 is 9.53 Å². The van der Waals surface area contributed by atoms with Crippen LogP contribution in [0.4, 0.5) is 0 Å². The van der Waals surface area contributed by atoms with Gasteiger partial charge < -0.3 is 9.64 Å². The number of morpholine rings is 1. The fraction of sp³-hybridized carbons (Fsp3) is 0.650. The van der Waals surface area contributed by atoms with Crippen LogP contribution in [-0.4, -0.2) is 55.1 Å². The summed E-state index contributed by atoms with van der Waals surface area (Å²) < 4.78 is 5.39. The van der Waals surface area contributed by atoms with Crippen molar-refractivity contribution >= 4 is 5.91 Å². The van der Waals surface area contributed by atoms with Crippen molar-refractivity contribution in [3.8, 4) is 0 Å². The number of benzene rings is 1. The molecular formula is C20H28N2O2. The molecule has 0 radical (unpaired) electrons. The van der Waals surface area contributed by atoms with Crippen LogP contribution < -0.4 is 0 Å². The van der Waals surface area contributed by atoms with Crippen LogP contribution in [0.15, 0.2) is 24.3 Å². The lowest BCUT2D eigenvalue weighted by Crippen LogP contribution is -2.39. The van der Waals surface area contributed by atoms with E-state index in [1.807, 2.05) is 12.1 Å². The number of piperidine rings is 1. The zero-order valence-electron chi connectivity index (χ0n) is 14.5. The maximum Gasteiger partial charge on any atom is 0.253 e. The second kappa shape index (κ2) is 7.24. The normalized spacial score (nSPS) is 23.4. The third kappa shape index (κ3) is 3.81. The molecule has 0 bridgehead atoms. The third-order valence-electron chi connectivity index (χ3n) is 5.83. The van der Waals surface area contributed by atoms with Gasteiger partial charge in [0.05, 0.1) is 13.2 Å². The number of likely N-dealkylation sites (tertiary alicyclic amines) is 1. The zero-order chi connectivity index (χ0) is 16.4. The SMILES string of the molecule is O=C(c1ccc(CN2CCOCC2)cc1)N1CCC(C2CC2)CC1. The molecule has 1 saturated carbocycles. The van der Waals surface area contributed by atoms with E-state index < -0.39 is 0 Å². The summed E-state index contributed by atoms with van der Waals surface area (Å²) in [4.78, 5) is 17.1. The minimum atomic E-state index is 0.210. The molecular weight excluding hydrogens is 300 g/mol. The summed E-state index contributed by atoms with van der Waals surface area (Å²) >= 11 is 0.